The molecule has 0 bridgehead atoms. The number of aryl methyl sites for hydroxylation is 1. The number of fused-ring (bicyclic) bond motifs is 1. The number of rotatable bonds is 5. The van der Waals surface area contributed by atoms with E-state index in [0.29, 0.717) is 11.4 Å². The summed E-state index contributed by atoms with van der Waals surface area (Å²) in [6.07, 6.45) is 1.75. The number of H-pyrrole nitrogens is 1. The zero-order valence-corrected chi connectivity index (χ0v) is 17.9. The number of hydrogen-bond acceptors (Lipinski definition) is 6. The van der Waals surface area contributed by atoms with E-state index in [1.165, 1.54) is 0 Å². The highest BCUT2D eigenvalue weighted by molar-refractivity contribution is 7.98. The van der Waals surface area contributed by atoms with E-state index in [-0.39, 0.29) is 5.56 Å². The summed E-state index contributed by atoms with van der Waals surface area (Å²) in [4.78, 5) is 27.7. The highest BCUT2D eigenvalue weighted by Crippen LogP contribution is 2.37. The van der Waals surface area contributed by atoms with Gasteiger partial charge in [-0.3, -0.25) is 9.20 Å². The van der Waals surface area contributed by atoms with E-state index in [9.17, 15) is 4.79 Å². The lowest BCUT2D eigenvalue weighted by atomic mass is 10.2. The van der Waals surface area contributed by atoms with Crippen LogP contribution in [0.1, 0.15) is 11.3 Å². The van der Waals surface area contributed by atoms with Crippen molar-refractivity contribution in [3.05, 3.63) is 81.0 Å². The van der Waals surface area contributed by atoms with Gasteiger partial charge in [-0.2, -0.15) is 0 Å². The van der Waals surface area contributed by atoms with Crippen molar-refractivity contribution >= 4 is 40.1 Å². The van der Waals surface area contributed by atoms with Crippen molar-refractivity contribution in [3.8, 4) is 21.1 Å². The Morgan fingerprint density at radius 1 is 1.07 bits per heavy atom. The van der Waals surface area contributed by atoms with Gasteiger partial charge in [0, 0.05) is 18.0 Å². The van der Waals surface area contributed by atoms with Crippen molar-refractivity contribution in [2.75, 3.05) is 0 Å². The smallest absolute Gasteiger partial charge is 0.258 e. The Labute approximate surface area is 179 Å². The van der Waals surface area contributed by atoms with Gasteiger partial charge in [0.1, 0.15) is 11.3 Å². The topological polar surface area (TPSA) is 63.1 Å². The lowest BCUT2D eigenvalue weighted by molar-refractivity contribution is 0.996. The molecule has 29 heavy (non-hydrogen) atoms. The molecule has 5 aromatic rings. The summed E-state index contributed by atoms with van der Waals surface area (Å²) < 4.78 is 1.58. The SMILES string of the molecule is Cc1cccn2c(=O)cc(CSc3nc(-c4cccs4)c(-c4cccs4)[nH]3)nc12. The standard InChI is InChI=1S/C21H16N4OS3/c1-13-5-2-8-25-17(26)11-14(22-20(13)25)12-29-21-23-18(15-6-3-9-27-15)19(24-21)16-7-4-10-28-16/h2-11H,12H2,1H3,(H,23,24). The molecule has 0 aromatic carbocycles. The summed E-state index contributed by atoms with van der Waals surface area (Å²) in [5.74, 6) is 0.571. The first-order valence-corrected chi connectivity index (χ1v) is 11.7. The van der Waals surface area contributed by atoms with Crippen LogP contribution in [0.25, 0.3) is 26.8 Å². The predicted octanol–water partition coefficient (Wildman–Crippen LogP) is 5.48. The van der Waals surface area contributed by atoms with Crippen molar-refractivity contribution in [2.45, 2.75) is 17.8 Å². The molecule has 5 aromatic heterocycles. The average molecular weight is 437 g/mol. The van der Waals surface area contributed by atoms with Crippen LogP contribution < -0.4 is 5.56 Å². The van der Waals surface area contributed by atoms with Crippen molar-refractivity contribution in [1.29, 1.82) is 0 Å². The van der Waals surface area contributed by atoms with Crippen LogP contribution in [0.15, 0.2) is 69.4 Å². The molecule has 5 heterocycles. The second-order valence-electron chi connectivity index (χ2n) is 6.48. The second kappa shape index (κ2) is 7.62. The largest absolute Gasteiger partial charge is 0.332 e. The number of hydrogen-bond donors (Lipinski definition) is 1. The van der Waals surface area contributed by atoms with Crippen LogP contribution in [0.3, 0.4) is 0 Å². The third kappa shape index (κ3) is 3.55. The number of nitrogens with zero attached hydrogens (tertiary/aromatic N) is 3. The first kappa shape index (κ1) is 18.4. The molecule has 0 aliphatic rings. The van der Waals surface area contributed by atoms with Crippen LogP contribution in [-0.2, 0) is 5.75 Å². The average Bonchev–Trinajstić information content (AvgIpc) is 3.47. The van der Waals surface area contributed by atoms with Crippen molar-refractivity contribution in [1.82, 2.24) is 19.4 Å². The highest BCUT2D eigenvalue weighted by Gasteiger charge is 2.16. The molecule has 144 valence electrons. The molecular weight excluding hydrogens is 420 g/mol. The first-order chi connectivity index (χ1) is 14.2. The van der Waals surface area contributed by atoms with Gasteiger partial charge in [-0.1, -0.05) is 30.0 Å². The van der Waals surface area contributed by atoms with E-state index in [1.807, 2.05) is 31.2 Å². The second-order valence-corrected chi connectivity index (χ2v) is 9.34. The number of thiophene rings is 2. The maximum Gasteiger partial charge on any atom is 0.258 e. The summed E-state index contributed by atoms with van der Waals surface area (Å²) in [7, 11) is 0. The zero-order chi connectivity index (χ0) is 19.8. The van der Waals surface area contributed by atoms with Gasteiger partial charge in [0.05, 0.1) is 21.1 Å². The van der Waals surface area contributed by atoms with Crippen molar-refractivity contribution in [2.24, 2.45) is 0 Å². The maximum atomic E-state index is 12.4. The van der Waals surface area contributed by atoms with Crippen LogP contribution in [0.2, 0.25) is 0 Å². The fourth-order valence-corrected chi connectivity index (χ4v) is 5.34. The van der Waals surface area contributed by atoms with Crippen molar-refractivity contribution < 1.29 is 0 Å². The predicted molar refractivity (Wildman–Crippen MR) is 121 cm³/mol. The van der Waals surface area contributed by atoms with E-state index >= 15 is 0 Å². The minimum Gasteiger partial charge on any atom is -0.332 e. The number of imidazole rings is 1. The van der Waals surface area contributed by atoms with Gasteiger partial charge in [0.25, 0.3) is 5.56 Å². The van der Waals surface area contributed by atoms with E-state index in [4.69, 9.17) is 4.98 Å². The Kier molecular flexibility index (Phi) is 4.83. The first-order valence-electron chi connectivity index (χ1n) is 8.97. The summed E-state index contributed by atoms with van der Waals surface area (Å²) in [6, 6.07) is 13.7. The molecule has 0 atom stereocenters. The molecule has 0 unspecified atom stereocenters. The summed E-state index contributed by atoms with van der Waals surface area (Å²) in [5.41, 5.74) is 4.37. The van der Waals surface area contributed by atoms with E-state index < -0.39 is 0 Å². The zero-order valence-electron chi connectivity index (χ0n) is 15.5. The Balaban J connectivity index is 1.47. The molecule has 1 N–H and O–H groups in total. The normalized spacial score (nSPS) is 11.3. The fraction of sp³-hybridized carbons (Fsp3) is 0.0952. The fourth-order valence-electron chi connectivity index (χ4n) is 3.14. The number of pyridine rings is 1. The van der Waals surface area contributed by atoms with Gasteiger partial charge in [-0.15, -0.1) is 22.7 Å². The molecule has 8 heteroatoms. The van der Waals surface area contributed by atoms with E-state index in [0.717, 1.165) is 37.6 Å². The van der Waals surface area contributed by atoms with E-state index in [1.54, 1.807) is 51.1 Å². The number of aromatic nitrogens is 4. The Bertz CT molecular complexity index is 1280. The van der Waals surface area contributed by atoms with Crippen LogP contribution in [0.4, 0.5) is 0 Å². The van der Waals surface area contributed by atoms with Gasteiger partial charge in [-0.25, -0.2) is 9.97 Å². The van der Waals surface area contributed by atoms with Gasteiger partial charge < -0.3 is 4.98 Å². The maximum absolute atomic E-state index is 12.4. The molecule has 0 saturated heterocycles. The summed E-state index contributed by atoms with van der Waals surface area (Å²) in [5, 5.41) is 4.95. The van der Waals surface area contributed by atoms with Gasteiger partial charge >= 0.3 is 0 Å². The summed E-state index contributed by atoms with van der Waals surface area (Å²) >= 11 is 4.92. The third-order valence-corrected chi connectivity index (χ3v) is 7.17. The highest BCUT2D eigenvalue weighted by atomic mass is 32.2. The third-order valence-electron chi connectivity index (χ3n) is 4.50. The van der Waals surface area contributed by atoms with Crippen LogP contribution >= 0.6 is 34.4 Å². The van der Waals surface area contributed by atoms with Crippen LogP contribution in [-0.4, -0.2) is 19.4 Å². The summed E-state index contributed by atoms with van der Waals surface area (Å²) in [6.45, 7) is 1.96. The molecule has 5 rings (SSSR count). The Hall–Kier alpha value is -2.68. The Morgan fingerprint density at radius 3 is 2.62 bits per heavy atom. The van der Waals surface area contributed by atoms with Gasteiger partial charge in [0.2, 0.25) is 0 Å². The van der Waals surface area contributed by atoms with Crippen molar-refractivity contribution in [3.63, 3.8) is 0 Å². The molecule has 5 nitrogen and oxygen atoms in total. The molecule has 0 aliphatic heterocycles. The minimum absolute atomic E-state index is 0.0627. The number of aromatic amines is 1. The molecule has 0 amide bonds. The minimum atomic E-state index is -0.0627. The van der Waals surface area contributed by atoms with E-state index in [2.05, 4.69) is 32.9 Å². The monoisotopic (exact) mass is 436 g/mol. The molecule has 0 spiro atoms. The molecule has 0 radical (unpaired) electrons. The molecule has 0 aliphatic carbocycles. The number of thioether (sulfide) groups is 1. The molecular formula is C21H16N4OS3. The molecule has 0 fully saturated rings. The van der Waals surface area contributed by atoms with Gasteiger partial charge in [0.15, 0.2) is 5.16 Å². The Morgan fingerprint density at radius 2 is 1.86 bits per heavy atom. The molecule has 0 saturated carbocycles. The quantitative estimate of drug-likeness (QED) is 0.371. The van der Waals surface area contributed by atoms with Crippen LogP contribution in [0.5, 0.6) is 0 Å². The van der Waals surface area contributed by atoms with Gasteiger partial charge in [-0.05, 0) is 41.4 Å². The lowest BCUT2D eigenvalue weighted by Gasteiger charge is -2.05. The lowest BCUT2D eigenvalue weighted by Crippen LogP contribution is -2.15. The number of nitrogens with one attached hydrogen (secondary N) is 1. The van der Waals surface area contributed by atoms with Crippen LogP contribution in [0, 0.1) is 6.92 Å².